The quantitative estimate of drug-likeness (QED) is 0.880. The fraction of sp³-hybridized carbons (Fsp3) is 0.600. The summed E-state index contributed by atoms with van der Waals surface area (Å²) in [6.45, 7) is 3.26. The Labute approximate surface area is 115 Å². The van der Waals surface area contributed by atoms with Crippen LogP contribution in [0.2, 0.25) is 0 Å². The Balaban J connectivity index is 2.02. The number of nitrogens with one attached hydrogen (secondary N) is 1. The first kappa shape index (κ1) is 14.2. The summed E-state index contributed by atoms with van der Waals surface area (Å²) in [6.07, 6.45) is 2.54. The molecule has 0 saturated carbocycles. The molecule has 19 heavy (non-hydrogen) atoms. The van der Waals surface area contributed by atoms with Gasteiger partial charge in [-0.05, 0) is 44.1 Å². The minimum absolute atomic E-state index is 0.619. The van der Waals surface area contributed by atoms with E-state index in [0.717, 1.165) is 24.6 Å². The summed E-state index contributed by atoms with van der Waals surface area (Å²) >= 11 is 0. The summed E-state index contributed by atoms with van der Waals surface area (Å²) in [5.41, 5.74) is 1.27. The number of hydrogen-bond acceptors (Lipinski definition) is 4. The zero-order chi connectivity index (χ0) is 13.7. The summed E-state index contributed by atoms with van der Waals surface area (Å²) in [5.74, 6) is 1.60. The molecule has 0 spiro atoms. The van der Waals surface area contributed by atoms with Crippen LogP contribution in [0.25, 0.3) is 0 Å². The van der Waals surface area contributed by atoms with E-state index >= 15 is 0 Å². The largest absolute Gasteiger partial charge is 0.493 e. The molecular weight excluding hydrogens is 240 g/mol. The lowest BCUT2D eigenvalue weighted by atomic mass is 10.0. The normalized spacial score (nSPS) is 20.3. The molecule has 2 rings (SSSR count). The van der Waals surface area contributed by atoms with Crippen LogP contribution in [0.1, 0.15) is 18.4 Å². The number of hydrogen-bond donors (Lipinski definition) is 1. The molecule has 4 nitrogen and oxygen atoms in total. The average molecular weight is 264 g/mol. The van der Waals surface area contributed by atoms with Crippen molar-refractivity contribution in [3.8, 4) is 11.5 Å². The van der Waals surface area contributed by atoms with Crippen molar-refractivity contribution in [1.82, 2.24) is 10.2 Å². The van der Waals surface area contributed by atoms with E-state index in [2.05, 4.69) is 22.3 Å². The standard InChI is InChI=1S/C15H24N2O2/c1-16-13-5-4-8-17(11-13)10-12-6-7-14(18-2)15(9-12)19-3/h6-7,9,13,16H,4-5,8,10-11H2,1-3H3. The van der Waals surface area contributed by atoms with E-state index < -0.39 is 0 Å². The van der Waals surface area contributed by atoms with Gasteiger partial charge in [-0.3, -0.25) is 4.90 Å². The summed E-state index contributed by atoms with van der Waals surface area (Å²) in [6, 6.07) is 6.79. The Morgan fingerprint density at radius 1 is 1.26 bits per heavy atom. The van der Waals surface area contributed by atoms with Gasteiger partial charge in [0.2, 0.25) is 0 Å². The molecule has 1 aliphatic rings. The predicted octanol–water partition coefficient (Wildman–Crippen LogP) is 1.89. The lowest BCUT2D eigenvalue weighted by molar-refractivity contribution is 0.188. The molecule has 1 aromatic carbocycles. The third-order valence-electron chi connectivity index (χ3n) is 3.77. The number of benzene rings is 1. The van der Waals surface area contributed by atoms with Crippen LogP contribution in [0.3, 0.4) is 0 Å². The summed E-state index contributed by atoms with van der Waals surface area (Å²) in [4.78, 5) is 2.49. The first-order valence-electron chi connectivity index (χ1n) is 6.87. The van der Waals surface area contributed by atoms with E-state index in [0.29, 0.717) is 6.04 Å². The average Bonchev–Trinajstić information content (AvgIpc) is 2.47. The molecular formula is C15H24N2O2. The highest BCUT2D eigenvalue weighted by molar-refractivity contribution is 5.42. The van der Waals surface area contributed by atoms with Crippen LogP contribution in [0.4, 0.5) is 0 Å². The lowest BCUT2D eigenvalue weighted by Gasteiger charge is -2.32. The Kier molecular flexibility index (Phi) is 5.05. The van der Waals surface area contributed by atoms with Gasteiger partial charge in [-0.15, -0.1) is 0 Å². The Hall–Kier alpha value is -1.26. The van der Waals surface area contributed by atoms with Gasteiger partial charge in [-0.2, -0.15) is 0 Å². The van der Waals surface area contributed by atoms with Crippen molar-refractivity contribution in [3.63, 3.8) is 0 Å². The van der Waals surface area contributed by atoms with Crippen LogP contribution in [-0.2, 0) is 6.54 Å². The van der Waals surface area contributed by atoms with E-state index in [9.17, 15) is 0 Å². The third kappa shape index (κ3) is 3.61. The van der Waals surface area contributed by atoms with Crippen LogP contribution >= 0.6 is 0 Å². The van der Waals surface area contributed by atoms with Crippen LogP contribution in [-0.4, -0.2) is 45.3 Å². The molecule has 0 aliphatic carbocycles. The highest BCUT2D eigenvalue weighted by atomic mass is 16.5. The maximum absolute atomic E-state index is 5.35. The van der Waals surface area contributed by atoms with Crippen molar-refractivity contribution >= 4 is 0 Å². The number of likely N-dealkylation sites (N-methyl/N-ethyl adjacent to an activating group) is 1. The molecule has 1 heterocycles. The van der Waals surface area contributed by atoms with Crippen molar-refractivity contribution < 1.29 is 9.47 Å². The summed E-state index contributed by atoms with van der Waals surface area (Å²) in [7, 11) is 5.39. The van der Waals surface area contributed by atoms with E-state index in [4.69, 9.17) is 9.47 Å². The van der Waals surface area contributed by atoms with Gasteiger partial charge in [0.1, 0.15) is 0 Å². The van der Waals surface area contributed by atoms with Gasteiger partial charge >= 0.3 is 0 Å². The van der Waals surface area contributed by atoms with Gasteiger partial charge < -0.3 is 14.8 Å². The molecule has 1 aliphatic heterocycles. The van der Waals surface area contributed by atoms with Crippen LogP contribution in [0.5, 0.6) is 11.5 Å². The van der Waals surface area contributed by atoms with Gasteiger partial charge in [0.25, 0.3) is 0 Å². The monoisotopic (exact) mass is 264 g/mol. The van der Waals surface area contributed by atoms with Gasteiger partial charge in [-0.25, -0.2) is 0 Å². The number of ether oxygens (including phenoxy) is 2. The first-order chi connectivity index (χ1) is 9.26. The molecule has 1 saturated heterocycles. The number of nitrogens with zero attached hydrogens (tertiary/aromatic N) is 1. The molecule has 0 aromatic heterocycles. The van der Waals surface area contributed by atoms with Gasteiger partial charge in [0.05, 0.1) is 14.2 Å². The molecule has 1 fully saturated rings. The molecule has 4 heteroatoms. The van der Waals surface area contributed by atoms with Crippen LogP contribution in [0.15, 0.2) is 18.2 Å². The molecule has 1 unspecified atom stereocenters. The minimum atomic E-state index is 0.619. The topological polar surface area (TPSA) is 33.7 Å². The Bertz CT molecular complexity index is 409. The second-order valence-electron chi connectivity index (χ2n) is 5.05. The Morgan fingerprint density at radius 3 is 2.74 bits per heavy atom. The zero-order valence-corrected chi connectivity index (χ0v) is 12.1. The lowest BCUT2D eigenvalue weighted by Crippen LogP contribution is -2.43. The van der Waals surface area contributed by atoms with Crippen molar-refractivity contribution in [2.75, 3.05) is 34.4 Å². The van der Waals surface area contributed by atoms with Crippen molar-refractivity contribution in [3.05, 3.63) is 23.8 Å². The smallest absolute Gasteiger partial charge is 0.161 e. The third-order valence-corrected chi connectivity index (χ3v) is 3.77. The second-order valence-corrected chi connectivity index (χ2v) is 5.05. The molecule has 0 amide bonds. The molecule has 1 aromatic rings. The van der Waals surface area contributed by atoms with Crippen molar-refractivity contribution in [2.24, 2.45) is 0 Å². The Morgan fingerprint density at radius 2 is 2.05 bits per heavy atom. The van der Waals surface area contributed by atoms with Gasteiger partial charge in [0.15, 0.2) is 11.5 Å². The fourth-order valence-electron chi connectivity index (χ4n) is 2.67. The highest BCUT2D eigenvalue weighted by Gasteiger charge is 2.18. The number of rotatable bonds is 5. The maximum Gasteiger partial charge on any atom is 0.161 e. The van der Waals surface area contributed by atoms with Crippen molar-refractivity contribution in [2.45, 2.75) is 25.4 Å². The molecule has 0 bridgehead atoms. The predicted molar refractivity (Wildman–Crippen MR) is 76.9 cm³/mol. The van der Waals surface area contributed by atoms with Crippen LogP contribution < -0.4 is 14.8 Å². The van der Waals surface area contributed by atoms with E-state index in [1.807, 2.05) is 13.1 Å². The molecule has 1 atom stereocenters. The molecule has 1 N–H and O–H groups in total. The second kappa shape index (κ2) is 6.78. The highest BCUT2D eigenvalue weighted by Crippen LogP contribution is 2.28. The number of methoxy groups -OCH3 is 2. The van der Waals surface area contributed by atoms with E-state index in [-0.39, 0.29) is 0 Å². The van der Waals surface area contributed by atoms with E-state index in [1.165, 1.54) is 24.9 Å². The van der Waals surface area contributed by atoms with Crippen molar-refractivity contribution in [1.29, 1.82) is 0 Å². The SMILES string of the molecule is CNC1CCCN(Cc2ccc(OC)c(OC)c2)C1. The maximum atomic E-state index is 5.35. The summed E-state index contributed by atoms with van der Waals surface area (Å²) in [5, 5.41) is 3.37. The zero-order valence-electron chi connectivity index (χ0n) is 12.1. The minimum Gasteiger partial charge on any atom is -0.493 e. The number of piperidine rings is 1. The first-order valence-corrected chi connectivity index (χ1v) is 6.87. The van der Waals surface area contributed by atoms with E-state index in [1.54, 1.807) is 14.2 Å². The fourth-order valence-corrected chi connectivity index (χ4v) is 2.67. The van der Waals surface area contributed by atoms with Gasteiger partial charge in [-0.1, -0.05) is 6.07 Å². The number of likely N-dealkylation sites (tertiary alicyclic amines) is 1. The van der Waals surface area contributed by atoms with Gasteiger partial charge in [0, 0.05) is 19.1 Å². The summed E-state index contributed by atoms with van der Waals surface area (Å²) < 4.78 is 10.6. The molecule has 106 valence electrons. The molecule has 0 radical (unpaired) electrons. The van der Waals surface area contributed by atoms with Crippen LogP contribution in [0, 0.1) is 0 Å².